The molecule has 1 amide bonds. The molecule has 0 unspecified atom stereocenters. The largest absolute Gasteiger partial charge is 0.360 e. The predicted octanol–water partition coefficient (Wildman–Crippen LogP) is 4.64. The van der Waals surface area contributed by atoms with Gasteiger partial charge in [0, 0.05) is 17.8 Å². The summed E-state index contributed by atoms with van der Waals surface area (Å²) in [6, 6.07) is 8.82. The number of aryl methyl sites for hydroxylation is 3. The molecule has 25 heavy (non-hydrogen) atoms. The fourth-order valence-electron chi connectivity index (χ4n) is 2.46. The van der Waals surface area contributed by atoms with Crippen molar-refractivity contribution in [2.45, 2.75) is 20.8 Å². The standard InChI is InChI=1S/C18H17ClN4O2/c1-10-6-11(2)17(14(19)7-10)21-15-9-13(4-5-20-15)18(24)22-16-8-12(3)25-23-16/h4-9H,1-3H3,(H,20,21)(H,22,23,24). The summed E-state index contributed by atoms with van der Waals surface area (Å²) in [6.07, 6.45) is 1.56. The minimum atomic E-state index is -0.300. The van der Waals surface area contributed by atoms with Gasteiger partial charge in [-0.2, -0.15) is 0 Å². The zero-order chi connectivity index (χ0) is 18.0. The molecule has 0 bridgehead atoms. The van der Waals surface area contributed by atoms with Gasteiger partial charge in [0.15, 0.2) is 5.82 Å². The lowest BCUT2D eigenvalue weighted by molar-refractivity contribution is 0.102. The summed E-state index contributed by atoms with van der Waals surface area (Å²) in [4.78, 5) is 16.6. The van der Waals surface area contributed by atoms with Crippen LogP contribution >= 0.6 is 11.6 Å². The van der Waals surface area contributed by atoms with Crippen LogP contribution < -0.4 is 10.6 Å². The molecule has 2 N–H and O–H groups in total. The summed E-state index contributed by atoms with van der Waals surface area (Å²) in [7, 11) is 0. The molecule has 0 aliphatic heterocycles. The van der Waals surface area contributed by atoms with Gasteiger partial charge in [-0.05, 0) is 50.1 Å². The van der Waals surface area contributed by atoms with Gasteiger partial charge < -0.3 is 15.2 Å². The highest BCUT2D eigenvalue weighted by molar-refractivity contribution is 6.33. The molecule has 0 aliphatic rings. The van der Waals surface area contributed by atoms with Crippen molar-refractivity contribution < 1.29 is 9.32 Å². The molecule has 0 fully saturated rings. The summed E-state index contributed by atoms with van der Waals surface area (Å²) < 4.78 is 4.94. The molecule has 3 aromatic rings. The van der Waals surface area contributed by atoms with E-state index in [9.17, 15) is 4.79 Å². The maximum atomic E-state index is 12.3. The number of carbonyl (C=O) groups excluding carboxylic acids is 1. The van der Waals surface area contributed by atoms with Crippen LogP contribution in [0, 0.1) is 20.8 Å². The number of amides is 1. The second-order valence-electron chi connectivity index (χ2n) is 5.77. The molecule has 0 aliphatic carbocycles. The third-order valence-electron chi connectivity index (χ3n) is 3.58. The molecule has 0 saturated heterocycles. The van der Waals surface area contributed by atoms with Crippen molar-refractivity contribution in [3.63, 3.8) is 0 Å². The van der Waals surface area contributed by atoms with E-state index >= 15 is 0 Å². The fourth-order valence-corrected chi connectivity index (χ4v) is 2.82. The molecule has 1 aromatic carbocycles. The quantitative estimate of drug-likeness (QED) is 0.711. The van der Waals surface area contributed by atoms with Crippen LogP contribution in [0.5, 0.6) is 0 Å². The van der Waals surface area contributed by atoms with Crippen LogP contribution in [0.25, 0.3) is 0 Å². The lowest BCUT2D eigenvalue weighted by Crippen LogP contribution is -2.12. The third kappa shape index (κ3) is 3.97. The van der Waals surface area contributed by atoms with E-state index in [2.05, 4.69) is 20.8 Å². The first-order valence-corrected chi connectivity index (χ1v) is 8.04. The van der Waals surface area contributed by atoms with Gasteiger partial charge >= 0.3 is 0 Å². The maximum absolute atomic E-state index is 12.3. The monoisotopic (exact) mass is 356 g/mol. The Morgan fingerprint density at radius 2 is 1.92 bits per heavy atom. The highest BCUT2D eigenvalue weighted by Crippen LogP contribution is 2.29. The zero-order valence-corrected chi connectivity index (χ0v) is 14.8. The second kappa shape index (κ2) is 6.94. The first-order valence-electron chi connectivity index (χ1n) is 7.67. The molecule has 7 heteroatoms. The van der Waals surface area contributed by atoms with Crippen molar-refractivity contribution in [2.24, 2.45) is 0 Å². The molecule has 3 rings (SSSR count). The number of nitrogens with zero attached hydrogens (tertiary/aromatic N) is 2. The van der Waals surface area contributed by atoms with E-state index in [4.69, 9.17) is 16.1 Å². The number of anilines is 3. The van der Waals surface area contributed by atoms with Gasteiger partial charge in [0.1, 0.15) is 11.6 Å². The SMILES string of the molecule is Cc1cc(C)c(Nc2cc(C(=O)Nc3cc(C)on3)ccn2)c(Cl)c1. The zero-order valence-electron chi connectivity index (χ0n) is 14.1. The molecule has 6 nitrogen and oxygen atoms in total. The van der Waals surface area contributed by atoms with Crippen molar-refractivity contribution in [1.82, 2.24) is 10.1 Å². The van der Waals surface area contributed by atoms with Crippen LogP contribution in [0.2, 0.25) is 5.02 Å². The van der Waals surface area contributed by atoms with Gasteiger partial charge in [0.05, 0.1) is 10.7 Å². The Morgan fingerprint density at radius 1 is 1.12 bits per heavy atom. The van der Waals surface area contributed by atoms with E-state index in [1.807, 2.05) is 26.0 Å². The number of rotatable bonds is 4. The van der Waals surface area contributed by atoms with Crippen molar-refractivity contribution in [3.05, 3.63) is 64.0 Å². The smallest absolute Gasteiger partial charge is 0.257 e. The Balaban J connectivity index is 1.81. The summed E-state index contributed by atoms with van der Waals surface area (Å²) in [6.45, 7) is 5.70. The third-order valence-corrected chi connectivity index (χ3v) is 3.87. The van der Waals surface area contributed by atoms with E-state index in [0.29, 0.717) is 28.0 Å². The van der Waals surface area contributed by atoms with Gasteiger partial charge in [-0.25, -0.2) is 4.98 Å². The van der Waals surface area contributed by atoms with Crippen LogP contribution in [0.4, 0.5) is 17.3 Å². The first-order chi connectivity index (χ1) is 11.9. The summed E-state index contributed by atoms with van der Waals surface area (Å²) in [5.41, 5.74) is 3.29. The van der Waals surface area contributed by atoms with Gasteiger partial charge in [0.2, 0.25) is 0 Å². The molecule has 128 valence electrons. The van der Waals surface area contributed by atoms with Gasteiger partial charge in [-0.1, -0.05) is 22.8 Å². The lowest BCUT2D eigenvalue weighted by atomic mass is 10.1. The Bertz CT molecular complexity index is 913. The minimum Gasteiger partial charge on any atom is -0.360 e. The number of benzene rings is 1. The second-order valence-corrected chi connectivity index (χ2v) is 6.18. The highest BCUT2D eigenvalue weighted by atomic mass is 35.5. The highest BCUT2D eigenvalue weighted by Gasteiger charge is 2.11. The molecule has 0 atom stereocenters. The number of pyridine rings is 1. The Labute approximate surface area is 150 Å². The number of nitrogens with one attached hydrogen (secondary N) is 2. The van der Waals surface area contributed by atoms with E-state index < -0.39 is 0 Å². The average Bonchev–Trinajstić information content (AvgIpc) is 2.96. The Kier molecular flexibility index (Phi) is 4.72. The van der Waals surface area contributed by atoms with Crippen LogP contribution in [0.1, 0.15) is 27.2 Å². The predicted molar refractivity (Wildman–Crippen MR) is 97.6 cm³/mol. The summed E-state index contributed by atoms with van der Waals surface area (Å²) >= 11 is 6.31. The van der Waals surface area contributed by atoms with Crippen molar-refractivity contribution >= 4 is 34.8 Å². The Hall–Kier alpha value is -2.86. The van der Waals surface area contributed by atoms with E-state index in [0.717, 1.165) is 16.8 Å². The van der Waals surface area contributed by atoms with Crippen molar-refractivity contribution in [2.75, 3.05) is 10.6 Å². The number of hydrogen-bond acceptors (Lipinski definition) is 5. The normalized spacial score (nSPS) is 10.6. The number of carbonyl (C=O) groups is 1. The number of aromatic nitrogens is 2. The number of hydrogen-bond donors (Lipinski definition) is 2. The van der Waals surface area contributed by atoms with E-state index in [1.54, 1.807) is 31.3 Å². The summed E-state index contributed by atoms with van der Waals surface area (Å²) in [5, 5.41) is 10.2. The van der Waals surface area contributed by atoms with Gasteiger partial charge in [0.25, 0.3) is 5.91 Å². The molecule has 0 saturated carbocycles. The van der Waals surface area contributed by atoms with Gasteiger partial charge in [-0.15, -0.1) is 0 Å². The molecule has 0 spiro atoms. The molecular weight excluding hydrogens is 340 g/mol. The number of halogens is 1. The van der Waals surface area contributed by atoms with Crippen LogP contribution in [-0.2, 0) is 0 Å². The van der Waals surface area contributed by atoms with E-state index in [1.165, 1.54) is 0 Å². The molecular formula is C18H17ClN4O2. The topological polar surface area (TPSA) is 80.0 Å². The Morgan fingerprint density at radius 3 is 2.60 bits per heavy atom. The van der Waals surface area contributed by atoms with Crippen LogP contribution in [0.3, 0.4) is 0 Å². The van der Waals surface area contributed by atoms with E-state index in [-0.39, 0.29) is 5.91 Å². The maximum Gasteiger partial charge on any atom is 0.257 e. The molecule has 2 heterocycles. The van der Waals surface area contributed by atoms with Crippen molar-refractivity contribution in [1.29, 1.82) is 0 Å². The van der Waals surface area contributed by atoms with Crippen LogP contribution in [-0.4, -0.2) is 16.0 Å². The average molecular weight is 357 g/mol. The van der Waals surface area contributed by atoms with Crippen LogP contribution in [0.15, 0.2) is 41.1 Å². The fraction of sp³-hybridized carbons (Fsp3) is 0.167. The van der Waals surface area contributed by atoms with Gasteiger partial charge in [-0.3, -0.25) is 4.79 Å². The first kappa shape index (κ1) is 17.0. The molecule has 0 radical (unpaired) electrons. The summed E-state index contributed by atoms with van der Waals surface area (Å²) in [5.74, 6) is 1.21. The molecule has 2 aromatic heterocycles. The lowest BCUT2D eigenvalue weighted by Gasteiger charge is -2.12. The van der Waals surface area contributed by atoms with Crippen molar-refractivity contribution in [3.8, 4) is 0 Å². The minimum absolute atomic E-state index is 0.300.